The molecule has 1 aromatic rings. The smallest absolute Gasteiger partial charge is 0.223 e. The number of carbonyl (C=O) groups excluding carboxylic acids is 1. The summed E-state index contributed by atoms with van der Waals surface area (Å²) in [6.45, 7) is 1.29. The highest BCUT2D eigenvalue weighted by Crippen LogP contribution is 2.31. The summed E-state index contributed by atoms with van der Waals surface area (Å²) in [5, 5.41) is 5.21. The fourth-order valence-corrected chi connectivity index (χ4v) is 3.93. The number of hydrogen-bond acceptors (Lipinski definition) is 4. The first-order valence-electron chi connectivity index (χ1n) is 7.31. The van der Waals surface area contributed by atoms with E-state index in [2.05, 4.69) is 41.8 Å². The maximum atomic E-state index is 12.3. The first-order chi connectivity index (χ1) is 9.63. The zero-order valence-corrected chi connectivity index (χ0v) is 13.2. The van der Waals surface area contributed by atoms with E-state index in [0.29, 0.717) is 19.0 Å². The molecule has 112 valence electrons. The van der Waals surface area contributed by atoms with Crippen molar-refractivity contribution in [3.63, 3.8) is 0 Å². The van der Waals surface area contributed by atoms with E-state index < -0.39 is 0 Å². The number of rotatable bonds is 6. The third-order valence-corrected chi connectivity index (χ3v) is 5.24. The molecule has 0 spiro atoms. The molecule has 3 unspecified atom stereocenters. The summed E-state index contributed by atoms with van der Waals surface area (Å²) in [5.41, 5.74) is 5.76. The van der Waals surface area contributed by atoms with E-state index in [0.717, 1.165) is 19.3 Å². The molecule has 20 heavy (non-hydrogen) atoms. The van der Waals surface area contributed by atoms with Gasteiger partial charge in [0.15, 0.2) is 0 Å². The van der Waals surface area contributed by atoms with Gasteiger partial charge in [-0.15, -0.1) is 11.3 Å². The van der Waals surface area contributed by atoms with Crippen molar-refractivity contribution in [2.24, 2.45) is 17.6 Å². The summed E-state index contributed by atoms with van der Waals surface area (Å²) >= 11 is 1.74. The average molecular weight is 295 g/mol. The Bertz CT molecular complexity index is 419. The predicted molar refractivity (Wildman–Crippen MR) is 83.6 cm³/mol. The Balaban J connectivity index is 1.91. The van der Waals surface area contributed by atoms with Crippen molar-refractivity contribution in [3.8, 4) is 0 Å². The summed E-state index contributed by atoms with van der Waals surface area (Å²) < 4.78 is 0. The van der Waals surface area contributed by atoms with E-state index in [-0.39, 0.29) is 17.9 Å². The molecule has 4 nitrogen and oxygen atoms in total. The normalized spacial score (nSPS) is 24.0. The van der Waals surface area contributed by atoms with Crippen LogP contribution in [0.25, 0.3) is 0 Å². The second kappa shape index (κ2) is 7.20. The van der Waals surface area contributed by atoms with Crippen molar-refractivity contribution < 1.29 is 4.79 Å². The van der Waals surface area contributed by atoms with Crippen LogP contribution in [0.4, 0.5) is 0 Å². The number of likely N-dealkylation sites (N-methyl/N-ethyl adjacent to an activating group) is 1. The van der Waals surface area contributed by atoms with Crippen LogP contribution in [-0.2, 0) is 4.79 Å². The molecule has 3 atom stereocenters. The fraction of sp³-hybridized carbons (Fsp3) is 0.667. The standard InChI is InChI=1S/C15H25N3OS/c1-18(2)13(14-7-4-8-20-14)10-17-15(19)12-6-3-5-11(12)9-16/h4,7-8,11-13H,3,5-6,9-10,16H2,1-2H3,(H,17,19). The van der Waals surface area contributed by atoms with E-state index in [4.69, 9.17) is 5.73 Å². The lowest BCUT2D eigenvalue weighted by Crippen LogP contribution is -2.39. The van der Waals surface area contributed by atoms with E-state index in [1.807, 2.05) is 0 Å². The van der Waals surface area contributed by atoms with Crippen molar-refractivity contribution in [1.29, 1.82) is 0 Å². The number of nitrogens with zero attached hydrogens (tertiary/aromatic N) is 1. The van der Waals surface area contributed by atoms with Crippen LogP contribution in [0.3, 0.4) is 0 Å². The van der Waals surface area contributed by atoms with Gasteiger partial charge in [-0.05, 0) is 50.8 Å². The molecular weight excluding hydrogens is 270 g/mol. The van der Waals surface area contributed by atoms with Crippen LogP contribution in [0.15, 0.2) is 17.5 Å². The van der Waals surface area contributed by atoms with Gasteiger partial charge in [-0.3, -0.25) is 4.79 Å². The van der Waals surface area contributed by atoms with Crippen molar-refractivity contribution in [2.45, 2.75) is 25.3 Å². The quantitative estimate of drug-likeness (QED) is 0.842. The minimum Gasteiger partial charge on any atom is -0.354 e. The highest BCUT2D eigenvalue weighted by Gasteiger charge is 2.32. The summed E-state index contributed by atoms with van der Waals surface area (Å²) in [5.74, 6) is 0.669. The van der Waals surface area contributed by atoms with Gasteiger partial charge in [0, 0.05) is 17.3 Å². The number of hydrogen-bond donors (Lipinski definition) is 2. The summed E-state index contributed by atoms with van der Waals surface area (Å²) in [4.78, 5) is 15.8. The molecule has 0 radical (unpaired) electrons. The molecule has 1 fully saturated rings. The van der Waals surface area contributed by atoms with Crippen LogP contribution < -0.4 is 11.1 Å². The molecule has 0 saturated heterocycles. The maximum Gasteiger partial charge on any atom is 0.223 e. The Hall–Kier alpha value is -0.910. The molecule has 1 heterocycles. The number of carbonyl (C=O) groups is 1. The molecule has 0 aliphatic heterocycles. The first-order valence-corrected chi connectivity index (χ1v) is 8.19. The van der Waals surface area contributed by atoms with Crippen molar-refractivity contribution in [1.82, 2.24) is 10.2 Å². The maximum absolute atomic E-state index is 12.3. The van der Waals surface area contributed by atoms with Gasteiger partial charge < -0.3 is 16.0 Å². The number of amides is 1. The van der Waals surface area contributed by atoms with Crippen molar-refractivity contribution in [3.05, 3.63) is 22.4 Å². The Morgan fingerprint density at radius 2 is 2.35 bits per heavy atom. The molecule has 1 aromatic heterocycles. The number of nitrogens with two attached hydrogens (primary N) is 1. The lowest BCUT2D eigenvalue weighted by molar-refractivity contribution is -0.126. The zero-order chi connectivity index (χ0) is 14.5. The molecule has 0 aromatic carbocycles. The van der Waals surface area contributed by atoms with Crippen molar-refractivity contribution >= 4 is 17.2 Å². The number of nitrogens with one attached hydrogen (secondary N) is 1. The Labute approximate surface area is 125 Å². The van der Waals surface area contributed by atoms with Gasteiger partial charge >= 0.3 is 0 Å². The minimum absolute atomic E-state index is 0.117. The Kier molecular flexibility index (Phi) is 5.57. The molecule has 0 bridgehead atoms. The molecule has 2 rings (SSSR count). The van der Waals surface area contributed by atoms with Gasteiger partial charge in [0.2, 0.25) is 5.91 Å². The van der Waals surface area contributed by atoms with Gasteiger partial charge in [0.05, 0.1) is 6.04 Å². The topological polar surface area (TPSA) is 58.4 Å². The molecule has 1 aliphatic rings. The minimum atomic E-state index is 0.117. The van der Waals surface area contributed by atoms with Crippen LogP contribution in [0.5, 0.6) is 0 Å². The van der Waals surface area contributed by atoms with E-state index in [9.17, 15) is 4.79 Å². The Morgan fingerprint density at radius 1 is 1.55 bits per heavy atom. The SMILES string of the molecule is CN(C)C(CNC(=O)C1CCCC1CN)c1cccs1. The van der Waals surface area contributed by atoms with Crippen LogP contribution in [0, 0.1) is 11.8 Å². The third-order valence-electron chi connectivity index (χ3n) is 4.26. The van der Waals surface area contributed by atoms with Gasteiger partial charge in [-0.1, -0.05) is 12.5 Å². The van der Waals surface area contributed by atoms with E-state index in [1.54, 1.807) is 11.3 Å². The fourth-order valence-electron chi connectivity index (χ4n) is 3.01. The van der Waals surface area contributed by atoms with Gasteiger partial charge in [-0.25, -0.2) is 0 Å². The van der Waals surface area contributed by atoms with Crippen LogP contribution >= 0.6 is 11.3 Å². The van der Waals surface area contributed by atoms with Gasteiger partial charge in [-0.2, -0.15) is 0 Å². The summed E-state index contributed by atoms with van der Waals surface area (Å²) in [7, 11) is 4.10. The molecular formula is C15H25N3OS. The molecule has 3 N–H and O–H groups in total. The zero-order valence-electron chi connectivity index (χ0n) is 12.3. The summed E-state index contributed by atoms with van der Waals surface area (Å²) in [6.07, 6.45) is 3.21. The van der Waals surface area contributed by atoms with E-state index in [1.165, 1.54) is 4.88 Å². The van der Waals surface area contributed by atoms with Crippen molar-refractivity contribution in [2.75, 3.05) is 27.2 Å². The first kappa shape index (κ1) is 15.5. The van der Waals surface area contributed by atoms with Crippen LogP contribution in [-0.4, -0.2) is 38.0 Å². The number of thiophene rings is 1. The second-order valence-electron chi connectivity index (χ2n) is 5.77. The van der Waals surface area contributed by atoms with Crippen LogP contribution in [0.1, 0.15) is 30.2 Å². The highest BCUT2D eigenvalue weighted by atomic mass is 32.1. The van der Waals surface area contributed by atoms with Crippen LogP contribution in [0.2, 0.25) is 0 Å². The lowest BCUT2D eigenvalue weighted by Gasteiger charge is -2.25. The van der Waals surface area contributed by atoms with E-state index >= 15 is 0 Å². The molecule has 1 saturated carbocycles. The highest BCUT2D eigenvalue weighted by molar-refractivity contribution is 7.10. The predicted octanol–water partition coefficient (Wildman–Crippen LogP) is 1.84. The largest absolute Gasteiger partial charge is 0.354 e. The lowest BCUT2D eigenvalue weighted by atomic mass is 9.95. The third kappa shape index (κ3) is 3.59. The molecule has 1 aliphatic carbocycles. The summed E-state index contributed by atoms with van der Waals surface area (Å²) in [6, 6.07) is 4.43. The molecule has 1 amide bonds. The monoisotopic (exact) mass is 295 g/mol. The second-order valence-corrected chi connectivity index (χ2v) is 6.75. The Morgan fingerprint density at radius 3 is 2.95 bits per heavy atom. The average Bonchev–Trinajstić information content (AvgIpc) is 3.09. The van der Waals surface area contributed by atoms with Gasteiger partial charge in [0.1, 0.15) is 0 Å². The van der Waals surface area contributed by atoms with Gasteiger partial charge in [0.25, 0.3) is 0 Å². The molecule has 5 heteroatoms.